The highest BCUT2D eigenvalue weighted by Gasteiger charge is 2.18. The maximum Gasteiger partial charge on any atom is 0.243 e. The fourth-order valence-corrected chi connectivity index (χ4v) is 2.00. The summed E-state index contributed by atoms with van der Waals surface area (Å²) in [4.78, 5) is 10.6. The van der Waals surface area contributed by atoms with E-state index in [1.807, 2.05) is 4.72 Å². The Morgan fingerprint density at radius 3 is 2.72 bits per heavy atom. The number of halogens is 1. The molecule has 8 heteroatoms. The van der Waals surface area contributed by atoms with Crippen LogP contribution in [0.25, 0.3) is 0 Å². The van der Waals surface area contributed by atoms with Crippen LogP contribution in [0.2, 0.25) is 0 Å². The van der Waals surface area contributed by atoms with E-state index in [1.54, 1.807) is 6.07 Å². The molecule has 0 aliphatic rings. The van der Waals surface area contributed by atoms with E-state index < -0.39 is 26.6 Å². The molecule has 0 heterocycles. The Morgan fingerprint density at radius 1 is 1.50 bits per heavy atom. The average Bonchev–Trinajstić information content (AvgIpc) is 2.31. The molecule has 0 unspecified atom stereocenters. The Kier molecular flexibility index (Phi) is 4.36. The number of hydrogen-bond acceptors (Lipinski definition) is 4. The van der Waals surface area contributed by atoms with Crippen molar-refractivity contribution in [3.05, 3.63) is 24.0 Å². The van der Waals surface area contributed by atoms with E-state index in [0.717, 1.165) is 19.2 Å². The van der Waals surface area contributed by atoms with Crippen LogP contribution in [0.4, 0.5) is 10.1 Å². The second-order valence-corrected chi connectivity index (χ2v) is 5.09. The van der Waals surface area contributed by atoms with Gasteiger partial charge in [-0.25, -0.2) is 17.5 Å². The van der Waals surface area contributed by atoms with E-state index in [2.05, 4.69) is 5.32 Å². The summed E-state index contributed by atoms with van der Waals surface area (Å²) in [5.74, 6) is -1.53. The molecule has 0 saturated carbocycles. The van der Waals surface area contributed by atoms with E-state index in [0.29, 0.717) is 0 Å². The summed E-state index contributed by atoms with van der Waals surface area (Å²) >= 11 is 0. The number of rotatable bonds is 4. The van der Waals surface area contributed by atoms with Gasteiger partial charge in [0.05, 0.1) is 6.07 Å². The molecule has 2 N–H and O–H groups in total. The molecule has 0 spiro atoms. The minimum atomic E-state index is -3.94. The van der Waals surface area contributed by atoms with Crippen molar-refractivity contribution in [1.29, 1.82) is 5.26 Å². The smallest absolute Gasteiger partial charge is 0.243 e. The Balaban J connectivity index is 3.10. The maximum atomic E-state index is 13.4. The zero-order valence-corrected chi connectivity index (χ0v) is 10.2. The molecule has 18 heavy (non-hydrogen) atoms. The lowest BCUT2D eigenvalue weighted by atomic mass is 10.3. The van der Waals surface area contributed by atoms with E-state index in [1.165, 1.54) is 6.07 Å². The van der Waals surface area contributed by atoms with Crippen molar-refractivity contribution in [2.24, 2.45) is 0 Å². The Morgan fingerprint density at radius 2 is 2.17 bits per heavy atom. The van der Waals surface area contributed by atoms with Crippen LogP contribution in [0.15, 0.2) is 23.1 Å². The number of sulfonamides is 1. The van der Waals surface area contributed by atoms with Gasteiger partial charge in [0, 0.05) is 5.69 Å². The summed E-state index contributed by atoms with van der Waals surface area (Å²) in [6.45, 7) is 0. The van der Waals surface area contributed by atoms with E-state index in [4.69, 9.17) is 5.26 Å². The van der Waals surface area contributed by atoms with Crippen LogP contribution in [-0.4, -0.2) is 21.4 Å². The lowest BCUT2D eigenvalue weighted by Crippen LogP contribution is -2.20. The topological polar surface area (TPSA) is 99.1 Å². The molecule has 1 aromatic carbocycles. The fourth-order valence-electron chi connectivity index (χ4n) is 1.17. The van der Waals surface area contributed by atoms with Gasteiger partial charge in [-0.2, -0.15) is 5.26 Å². The first-order chi connectivity index (χ1) is 8.40. The molecule has 0 aliphatic carbocycles. The van der Waals surface area contributed by atoms with Gasteiger partial charge < -0.3 is 5.32 Å². The van der Waals surface area contributed by atoms with Crippen molar-refractivity contribution in [2.45, 2.75) is 11.3 Å². The molecule has 1 amide bonds. The van der Waals surface area contributed by atoms with Crippen molar-refractivity contribution >= 4 is 21.6 Å². The first kappa shape index (κ1) is 14.1. The highest BCUT2D eigenvalue weighted by molar-refractivity contribution is 7.89. The fraction of sp³-hybridized carbons (Fsp3) is 0.200. The number of carbonyl (C=O) groups excluding carboxylic acids is 1. The molecule has 0 radical (unpaired) electrons. The number of anilines is 1. The highest BCUT2D eigenvalue weighted by atomic mass is 32.2. The summed E-state index contributed by atoms with van der Waals surface area (Å²) in [5.41, 5.74) is 0.102. The largest absolute Gasteiger partial charge is 0.325 e. The van der Waals surface area contributed by atoms with Crippen LogP contribution in [0.3, 0.4) is 0 Å². The third-order valence-electron chi connectivity index (χ3n) is 2.01. The third-order valence-corrected chi connectivity index (χ3v) is 3.44. The monoisotopic (exact) mass is 271 g/mol. The standard InChI is InChI=1S/C10H10FN3O3S/c1-13-18(16,17)9-6-7(2-3-8(9)11)14-10(15)4-5-12/h2-3,6,13H,4H2,1H3,(H,14,15). The minimum Gasteiger partial charge on any atom is -0.325 e. The SMILES string of the molecule is CNS(=O)(=O)c1cc(NC(=O)CC#N)ccc1F. The highest BCUT2D eigenvalue weighted by Crippen LogP contribution is 2.19. The van der Waals surface area contributed by atoms with Crippen molar-refractivity contribution in [3.8, 4) is 6.07 Å². The van der Waals surface area contributed by atoms with Gasteiger partial charge in [-0.1, -0.05) is 0 Å². The molecule has 0 fully saturated rings. The molecular formula is C10H10FN3O3S. The molecule has 1 rings (SSSR count). The number of nitrogens with one attached hydrogen (secondary N) is 2. The van der Waals surface area contributed by atoms with Crippen LogP contribution >= 0.6 is 0 Å². The lowest BCUT2D eigenvalue weighted by Gasteiger charge is -2.07. The number of carbonyl (C=O) groups is 1. The van der Waals surface area contributed by atoms with E-state index in [-0.39, 0.29) is 12.1 Å². The van der Waals surface area contributed by atoms with Crippen LogP contribution in [0.1, 0.15) is 6.42 Å². The summed E-state index contributed by atoms with van der Waals surface area (Å²) in [7, 11) is -2.79. The van der Waals surface area contributed by atoms with Crippen LogP contribution in [0, 0.1) is 17.1 Å². The van der Waals surface area contributed by atoms with Gasteiger partial charge in [-0.05, 0) is 25.2 Å². The Labute approximate surface area is 103 Å². The number of hydrogen-bond donors (Lipinski definition) is 2. The van der Waals surface area contributed by atoms with Crippen molar-refractivity contribution in [3.63, 3.8) is 0 Å². The summed E-state index contributed by atoms with van der Waals surface area (Å²) in [6.07, 6.45) is -0.370. The van der Waals surface area contributed by atoms with Gasteiger partial charge in [0.15, 0.2) is 0 Å². The predicted octanol–water partition coefficient (Wildman–Crippen LogP) is 0.586. The van der Waals surface area contributed by atoms with Gasteiger partial charge in [0.25, 0.3) is 0 Å². The molecule has 6 nitrogen and oxygen atoms in total. The molecule has 0 saturated heterocycles. The van der Waals surface area contributed by atoms with Crippen molar-refractivity contribution in [2.75, 3.05) is 12.4 Å². The molecule has 96 valence electrons. The summed E-state index contributed by atoms with van der Waals surface area (Å²) < 4.78 is 38.3. The normalized spacial score (nSPS) is 10.7. The second-order valence-electron chi connectivity index (χ2n) is 3.24. The predicted molar refractivity (Wildman–Crippen MR) is 61.5 cm³/mol. The zero-order valence-electron chi connectivity index (χ0n) is 9.40. The molecule has 0 aliphatic heterocycles. The van der Waals surface area contributed by atoms with Gasteiger partial charge in [0.2, 0.25) is 15.9 Å². The maximum absolute atomic E-state index is 13.4. The molecule has 0 aromatic heterocycles. The number of amides is 1. The molecule has 1 aromatic rings. The first-order valence-corrected chi connectivity index (χ1v) is 6.29. The number of nitrogens with zero attached hydrogens (tertiary/aromatic N) is 1. The molecule has 0 atom stereocenters. The van der Waals surface area contributed by atoms with Crippen LogP contribution in [0.5, 0.6) is 0 Å². The first-order valence-electron chi connectivity index (χ1n) is 4.80. The molecule has 0 bridgehead atoms. The van der Waals surface area contributed by atoms with Gasteiger partial charge in [0.1, 0.15) is 17.1 Å². The zero-order chi connectivity index (χ0) is 13.8. The van der Waals surface area contributed by atoms with Gasteiger partial charge in [-0.3, -0.25) is 4.79 Å². The molecular weight excluding hydrogens is 261 g/mol. The Bertz CT molecular complexity index is 607. The van der Waals surface area contributed by atoms with Crippen molar-refractivity contribution in [1.82, 2.24) is 4.72 Å². The summed E-state index contributed by atoms with van der Waals surface area (Å²) in [5, 5.41) is 10.6. The Hall–Kier alpha value is -1.98. The minimum absolute atomic E-state index is 0.102. The summed E-state index contributed by atoms with van der Waals surface area (Å²) in [6, 6.07) is 4.75. The number of benzene rings is 1. The lowest BCUT2D eigenvalue weighted by molar-refractivity contribution is -0.115. The van der Waals surface area contributed by atoms with Gasteiger partial charge >= 0.3 is 0 Å². The van der Waals surface area contributed by atoms with Crippen LogP contribution in [-0.2, 0) is 14.8 Å². The van der Waals surface area contributed by atoms with E-state index >= 15 is 0 Å². The number of nitriles is 1. The third kappa shape index (κ3) is 3.26. The quantitative estimate of drug-likeness (QED) is 0.837. The van der Waals surface area contributed by atoms with Crippen molar-refractivity contribution < 1.29 is 17.6 Å². The average molecular weight is 271 g/mol. The second kappa shape index (κ2) is 5.57. The van der Waals surface area contributed by atoms with Gasteiger partial charge in [-0.15, -0.1) is 0 Å². The van der Waals surface area contributed by atoms with E-state index in [9.17, 15) is 17.6 Å². The van der Waals surface area contributed by atoms with Crippen LogP contribution < -0.4 is 10.0 Å².